The van der Waals surface area contributed by atoms with Crippen LogP contribution in [0.5, 0.6) is 11.5 Å². The average molecular weight is 313 g/mol. The molecule has 0 amide bonds. The minimum Gasteiger partial charge on any atom is -0.490 e. The Kier molecular flexibility index (Phi) is 4.05. The van der Waals surface area contributed by atoms with Crippen LogP contribution in [-0.2, 0) is 14.8 Å². The van der Waals surface area contributed by atoms with Crippen molar-refractivity contribution in [3.63, 3.8) is 0 Å². The molecule has 2 aliphatic rings. The Morgan fingerprint density at radius 2 is 2.00 bits per heavy atom. The van der Waals surface area contributed by atoms with Gasteiger partial charge in [-0.05, 0) is 18.6 Å². The molecule has 0 aliphatic carbocycles. The van der Waals surface area contributed by atoms with Crippen LogP contribution >= 0.6 is 0 Å². The highest BCUT2D eigenvalue weighted by molar-refractivity contribution is 7.89. The Balaban J connectivity index is 1.87. The van der Waals surface area contributed by atoms with Gasteiger partial charge in [-0.3, -0.25) is 0 Å². The van der Waals surface area contributed by atoms with Gasteiger partial charge in [-0.25, -0.2) is 8.42 Å². The molecule has 0 aromatic heterocycles. The van der Waals surface area contributed by atoms with Crippen molar-refractivity contribution in [1.82, 2.24) is 4.31 Å². The van der Waals surface area contributed by atoms with Crippen molar-refractivity contribution in [3.05, 3.63) is 18.2 Å². The van der Waals surface area contributed by atoms with E-state index in [9.17, 15) is 8.42 Å². The Hall–Kier alpha value is -1.31. The fourth-order valence-corrected chi connectivity index (χ4v) is 4.06. The summed E-state index contributed by atoms with van der Waals surface area (Å²) in [5.74, 6) is 1.10. The van der Waals surface area contributed by atoms with Crippen molar-refractivity contribution in [2.75, 3.05) is 33.4 Å². The molecule has 116 valence electrons. The first-order valence-corrected chi connectivity index (χ1v) is 8.48. The first-order valence-electron chi connectivity index (χ1n) is 7.04. The fraction of sp³-hybridized carbons (Fsp3) is 0.571. The number of fused-ring (bicyclic) bond motifs is 1. The number of ether oxygens (including phenoxy) is 3. The van der Waals surface area contributed by atoms with Crippen LogP contribution in [0.4, 0.5) is 0 Å². The first kappa shape index (κ1) is 14.6. The van der Waals surface area contributed by atoms with E-state index in [2.05, 4.69) is 0 Å². The normalized spacial score (nSPS) is 23.0. The maximum absolute atomic E-state index is 12.6. The second kappa shape index (κ2) is 5.82. The number of hydrogen-bond donors (Lipinski definition) is 0. The summed E-state index contributed by atoms with van der Waals surface area (Å²) in [5, 5.41) is 0. The average Bonchev–Trinajstić information content (AvgIpc) is 2.86. The minimum atomic E-state index is -3.51. The molecular weight excluding hydrogens is 294 g/mol. The Labute approximate surface area is 124 Å². The molecule has 1 saturated heterocycles. The topological polar surface area (TPSA) is 65.1 Å². The quantitative estimate of drug-likeness (QED) is 0.840. The first-order chi connectivity index (χ1) is 10.1. The molecule has 1 fully saturated rings. The van der Waals surface area contributed by atoms with Crippen molar-refractivity contribution in [2.45, 2.75) is 23.8 Å². The van der Waals surface area contributed by atoms with Crippen molar-refractivity contribution < 1.29 is 22.6 Å². The number of sulfonamides is 1. The van der Waals surface area contributed by atoms with Crippen molar-refractivity contribution in [1.29, 1.82) is 0 Å². The molecule has 3 rings (SSSR count). The summed E-state index contributed by atoms with van der Waals surface area (Å²) in [6.07, 6.45) is 1.48. The molecule has 0 bridgehead atoms. The molecule has 0 radical (unpaired) electrons. The maximum atomic E-state index is 12.6. The molecular formula is C14H19NO5S. The summed E-state index contributed by atoms with van der Waals surface area (Å²) in [7, 11) is -1.90. The third-order valence-electron chi connectivity index (χ3n) is 3.80. The Morgan fingerprint density at radius 1 is 1.24 bits per heavy atom. The molecule has 2 aliphatic heterocycles. The molecule has 6 nitrogen and oxygen atoms in total. The Bertz CT molecular complexity index is 616. The summed E-state index contributed by atoms with van der Waals surface area (Å²) < 4.78 is 43.0. The van der Waals surface area contributed by atoms with Crippen LogP contribution in [0, 0.1) is 0 Å². The summed E-state index contributed by atoms with van der Waals surface area (Å²) in [4.78, 5) is 0.239. The standard InChI is InChI=1S/C14H19NO5S/c1-18-11-5-6-15(10-11)21(16,17)12-3-4-13-14(9-12)20-8-2-7-19-13/h3-4,9,11H,2,5-8,10H2,1H3/t11-/m0/s1. The molecule has 0 spiro atoms. The number of benzene rings is 1. The summed E-state index contributed by atoms with van der Waals surface area (Å²) in [6.45, 7) is 2.00. The van der Waals surface area contributed by atoms with Crippen molar-refractivity contribution in [3.8, 4) is 11.5 Å². The molecule has 0 unspecified atom stereocenters. The summed E-state index contributed by atoms with van der Waals surface area (Å²) in [6, 6.07) is 4.79. The fourth-order valence-electron chi connectivity index (χ4n) is 2.56. The van der Waals surface area contributed by atoms with Crippen LogP contribution in [0.2, 0.25) is 0 Å². The van der Waals surface area contributed by atoms with E-state index < -0.39 is 10.0 Å². The summed E-state index contributed by atoms with van der Waals surface area (Å²) in [5.41, 5.74) is 0. The van der Waals surface area contributed by atoms with Gasteiger partial charge in [0.05, 0.1) is 24.2 Å². The molecule has 1 aromatic rings. The zero-order chi connectivity index (χ0) is 14.9. The van der Waals surface area contributed by atoms with Gasteiger partial charge in [-0.1, -0.05) is 0 Å². The highest BCUT2D eigenvalue weighted by Crippen LogP contribution is 2.33. The molecule has 0 saturated carbocycles. The van der Waals surface area contributed by atoms with E-state index in [0.29, 0.717) is 37.8 Å². The van der Waals surface area contributed by atoms with Crippen LogP contribution in [-0.4, -0.2) is 52.2 Å². The van der Waals surface area contributed by atoms with E-state index in [-0.39, 0.29) is 11.0 Å². The zero-order valence-electron chi connectivity index (χ0n) is 11.9. The van der Waals surface area contributed by atoms with Crippen molar-refractivity contribution in [2.24, 2.45) is 0 Å². The van der Waals surface area contributed by atoms with Crippen LogP contribution in [0.25, 0.3) is 0 Å². The number of rotatable bonds is 3. The van der Waals surface area contributed by atoms with Gasteiger partial charge in [0.1, 0.15) is 0 Å². The molecule has 21 heavy (non-hydrogen) atoms. The van der Waals surface area contributed by atoms with Gasteiger partial charge in [-0.15, -0.1) is 0 Å². The van der Waals surface area contributed by atoms with Crippen LogP contribution in [0.15, 0.2) is 23.1 Å². The lowest BCUT2D eigenvalue weighted by Crippen LogP contribution is -2.30. The maximum Gasteiger partial charge on any atom is 0.243 e. The number of nitrogens with zero attached hydrogens (tertiary/aromatic N) is 1. The molecule has 0 N–H and O–H groups in total. The van der Waals surface area contributed by atoms with Gasteiger partial charge in [-0.2, -0.15) is 4.31 Å². The van der Waals surface area contributed by atoms with Gasteiger partial charge < -0.3 is 14.2 Å². The third kappa shape index (κ3) is 2.86. The second-order valence-corrected chi connectivity index (χ2v) is 7.11. The van der Waals surface area contributed by atoms with Gasteiger partial charge >= 0.3 is 0 Å². The van der Waals surface area contributed by atoms with E-state index >= 15 is 0 Å². The number of hydrogen-bond acceptors (Lipinski definition) is 5. The van der Waals surface area contributed by atoms with E-state index in [4.69, 9.17) is 14.2 Å². The van der Waals surface area contributed by atoms with Gasteiger partial charge in [0, 0.05) is 32.7 Å². The highest BCUT2D eigenvalue weighted by Gasteiger charge is 2.33. The lowest BCUT2D eigenvalue weighted by atomic mass is 10.3. The summed E-state index contributed by atoms with van der Waals surface area (Å²) >= 11 is 0. The van der Waals surface area contributed by atoms with Gasteiger partial charge in [0.25, 0.3) is 0 Å². The number of methoxy groups -OCH3 is 1. The van der Waals surface area contributed by atoms with E-state index in [1.807, 2.05) is 0 Å². The monoisotopic (exact) mass is 313 g/mol. The van der Waals surface area contributed by atoms with E-state index in [1.54, 1.807) is 25.3 Å². The second-order valence-electron chi connectivity index (χ2n) is 5.17. The largest absolute Gasteiger partial charge is 0.490 e. The Morgan fingerprint density at radius 3 is 2.71 bits per heavy atom. The van der Waals surface area contributed by atoms with Crippen LogP contribution in [0.3, 0.4) is 0 Å². The van der Waals surface area contributed by atoms with Crippen molar-refractivity contribution >= 4 is 10.0 Å². The minimum absolute atomic E-state index is 0.0276. The van der Waals surface area contributed by atoms with Crippen LogP contribution in [0.1, 0.15) is 12.8 Å². The van der Waals surface area contributed by atoms with E-state index in [0.717, 1.165) is 12.8 Å². The predicted molar refractivity (Wildman–Crippen MR) is 76.2 cm³/mol. The lowest BCUT2D eigenvalue weighted by Gasteiger charge is -2.17. The predicted octanol–water partition coefficient (Wildman–Crippen LogP) is 1.26. The zero-order valence-corrected chi connectivity index (χ0v) is 12.8. The third-order valence-corrected chi connectivity index (χ3v) is 5.66. The van der Waals surface area contributed by atoms with Gasteiger partial charge in [0.15, 0.2) is 11.5 Å². The van der Waals surface area contributed by atoms with Crippen LogP contribution < -0.4 is 9.47 Å². The molecule has 7 heteroatoms. The lowest BCUT2D eigenvalue weighted by molar-refractivity contribution is 0.115. The highest BCUT2D eigenvalue weighted by atomic mass is 32.2. The van der Waals surface area contributed by atoms with Gasteiger partial charge in [0.2, 0.25) is 10.0 Å². The molecule has 2 heterocycles. The van der Waals surface area contributed by atoms with E-state index in [1.165, 1.54) is 4.31 Å². The molecule has 1 aromatic carbocycles. The smallest absolute Gasteiger partial charge is 0.243 e. The SMILES string of the molecule is CO[C@H]1CCN(S(=O)(=O)c2ccc3c(c2)OCCCO3)C1. The molecule has 1 atom stereocenters.